The van der Waals surface area contributed by atoms with E-state index in [0.29, 0.717) is 5.75 Å². The Kier molecular flexibility index (Phi) is 4.97. The van der Waals surface area contributed by atoms with Crippen molar-refractivity contribution in [3.05, 3.63) is 29.8 Å². The van der Waals surface area contributed by atoms with Crippen LogP contribution in [0.25, 0.3) is 0 Å². The van der Waals surface area contributed by atoms with Crippen molar-refractivity contribution in [1.82, 2.24) is 5.32 Å². The molecule has 0 aliphatic rings. The molecular weight excluding hydrogens is 218 g/mol. The van der Waals surface area contributed by atoms with Gasteiger partial charge in [0.25, 0.3) is 5.91 Å². The zero-order valence-corrected chi connectivity index (χ0v) is 10.4. The minimum atomic E-state index is -0.573. The number of carbonyl (C=O) groups excluding carboxylic acids is 1. The zero-order valence-electron chi connectivity index (χ0n) is 10.4. The fourth-order valence-corrected chi connectivity index (χ4v) is 1.27. The van der Waals surface area contributed by atoms with Gasteiger partial charge in [-0.2, -0.15) is 0 Å². The molecule has 1 aromatic carbocycles. The van der Waals surface area contributed by atoms with Crippen LogP contribution in [-0.2, 0) is 4.79 Å². The SMILES string of the molecule is Cc1ccc(OC(C)C(=O)NCC(C)O)cc1. The van der Waals surface area contributed by atoms with Gasteiger partial charge in [0.2, 0.25) is 0 Å². The van der Waals surface area contributed by atoms with Crippen molar-refractivity contribution in [3.63, 3.8) is 0 Å². The molecule has 94 valence electrons. The highest BCUT2D eigenvalue weighted by atomic mass is 16.5. The number of nitrogens with one attached hydrogen (secondary N) is 1. The van der Waals surface area contributed by atoms with Gasteiger partial charge in [-0.15, -0.1) is 0 Å². The molecule has 2 unspecified atom stereocenters. The Balaban J connectivity index is 2.45. The van der Waals surface area contributed by atoms with Crippen LogP contribution in [0.1, 0.15) is 19.4 Å². The van der Waals surface area contributed by atoms with Gasteiger partial charge in [-0.05, 0) is 32.9 Å². The highest BCUT2D eigenvalue weighted by Gasteiger charge is 2.14. The van der Waals surface area contributed by atoms with Crippen LogP contribution in [-0.4, -0.2) is 29.8 Å². The molecule has 1 rings (SSSR count). The average Bonchev–Trinajstić information content (AvgIpc) is 2.28. The average molecular weight is 237 g/mol. The molecule has 0 saturated carbocycles. The number of rotatable bonds is 5. The number of amides is 1. The van der Waals surface area contributed by atoms with Gasteiger partial charge in [-0.1, -0.05) is 17.7 Å². The maximum absolute atomic E-state index is 11.6. The molecule has 0 radical (unpaired) electrons. The molecule has 4 heteroatoms. The Morgan fingerprint density at radius 1 is 1.35 bits per heavy atom. The first-order valence-corrected chi connectivity index (χ1v) is 5.68. The first-order chi connectivity index (χ1) is 7.99. The van der Waals surface area contributed by atoms with E-state index in [0.717, 1.165) is 5.56 Å². The molecule has 0 aromatic heterocycles. The van der Waals surface area contributed by atoms with Crippen molar-refractivity contribution in [1.29, 1.82) is 0 Å². The van der Waals surface area contributed by atoms with Crippen molar-refractivity contribution in [2.24, 2.45) is 0 Å². The number of carbonyl (C=O) groups is 1. The lowest BCUT2D eigenvalue weighted by molar-refractivity contribution is -0.127. The minimum absolute atomic E-state index is 0.230. The van der Waals surface area contributed by atoms with Gasteiger partial charge < -0.3 is 15.2 Å². The summed E-state index contributed by atoms with van der Waals surface area (Å²) in [5.41, 5.74) is 1.14. The Hall–Kier alpha value is -1.55. The summed E-state index contributed by atoms with van der Waals surface area (Å²) < 4.78 is 5.47. The number of benzene rings is 1. The van der Waals surface area contributed by atoms with Crippen molar-refractivity contribution in [2.75, 3.05) is 6.54 Å². The number of hydrogen-bond acceptors (Lipinski definition) is 3. The maximum Gasteiger partial charge on any atom is 0.260 e. The van der Waals surface area contributed by atoms with Gasteiger partial charge in [0, 0.05) is 6.54 Å². The Morgan fingerprint density at radius 3 is 2.47 bits per heavy atom. The largest absolute Gasteiger partial charge is 0.481 e. The molecule has 17 heavy (non-hydrogen) atoms. The van der Waals surface area contributed by atoms with E-state index in [2.05, 4.69) is 5.32 Å². The van der Waals surface area contributed by atoms with Crippen molar-refractivity contribution < 1.29 is 14.6 Å². The molecule has 0 aliphatic heterocycles. The van der Waals surface area contributed by atoms with Gasteiger partial charge >= 0.3 is 0 Å². The predicted molar refractivity (Wildman–Crippen MR) is 66.0 cm³/mol. The third kappa shape index (κ3) is 4.87. The lowest BCUT2D eigenvalue weighted by Crippen LogP contribution is -2.39. The van der Waals surface area contributed by atoms with E-state index in [9.17, 15) is 4.79 Å². The summed E-state index contributed by atoms with van der Waals surface area (Å²) >= 11 is 0. The lowest BCUT2D eigenvalue weighted by atomic mass is 10.2. The van der Waals surface area contributed by atoms with E-state index < -0.39 is 12.2 Å². The topological polar surface area (TPSA) is 58.6 Å². The quantitative estimate of drug-likeness (QED) is 0.810. The fraction of sp³-hybridized carbons (Fsp3) is 0.462. The number of ether oxygens (including phenoxy) is 1. The molecule has 2 atom stereocenters. The normalized spacial score (nSPS) is 13.9. The van der Waals surface area contributed by atoms with Crippen LogP contribution in [0.5, 0.6) is 5.75 Å². The van der Waals surface area contributed by atoms with Crippen LogP contribution in [0.4, 0.5) is 0 Å². The number of aliphatic hydroxyl groups is 1. The lowest BCUT2D eigenvalue weighted by Gasteiger charge is -2.15. The summed E-state index contributed by atoms with van der Waals surface area (Å²) in [4.78, 5) is 11.6. The minimum Gasteiger partial charge on any atom is -0.481 e. The summed E-state index contributed by atoms with van der Waals surface area (Å²) in [6, 6.07) is 7.51. The van der Waals surface area contributed by atoms with Gasteiger partial charge in [-0.3, -0.25) is 4.79 Å². The van der Waals surface area contributed by atoms with Gasteiger partial charge in [0.15, 0.2) is 6.10 Å². The number of aryl methyl sites for hydroxylation is 1. The van der Waals surface area contributed by atoms with Crippen molar-refractivity contribution in [2.45, 2.75) is 33.0 Å². The Labute approximate surface area is 102 Å². The Bertz CT molecular complexity index is 359. The second kappa shape index (κ2) is 6.25. The van der Waals surface area contributed by atoms with E-state index in [4.69, 9.17) is 9.84 Å². The molecule has 0 saturated heterocycles. The van der Waals surface area contributed by atoms with Gasteiger partial charge in [-0.25, -0.2) is 0 Å². The molecule has 0 fully saturated rings. The van der Waals surface area contributed by atoms with Crippen LogP contribution in [0, 0.1) is 6.92 Å². The van der Waals surface area contributed by atoms with Crippen LogP contribution in [0.15, 0.2) is 24.3 Å². The van der Waals surface area contributed by atoms with Gasteiger partial charge in [0.05, 0.1) is 6.10 Å². The maximum atomic E-state index is 11.6. The highest BCUT2D eigenvalue weighted by Crippen LogP contribution is 2.13. The third-order valence-corrected chi connectivity index (χ3v) is 2.27. The fourth-order valence-electron chi connectivity index (χ4n) is 1.27. The van der Waals surface area contributed by atoms with E-state index in [-0.39, 0.29) is 12.5 Å². The molecule has 0 aliphatic carbocycles. The van der Waals surface area contributed by atoms with Crippen LogP contribution < -0.4 is 10.1 Å². The van der Waals surface area contributed by atoms with Crippen molar-refractivity contribution >= 4 is 5.91 Å². The molecular formula is C13H19NO3. The number of aliphatic hydroxyl groups excluding tert-OH is 1. The second-order valence-electron chi connectivity index (χ2n) is 4.17. The first-order valence-electron chi connectivity index (χ1n) is 5.68. The smallest absolute Gasteiger partial charge is 0.260 e. The molecule has 4 nitrogen and oxygen atoms in total. The van der Waals surface area contributed by atoms with E-state index in [1.807, 2.05) is 31.2 Å². The summed E-state index contributed by atoms with van der Waals surface area (Å²) in [7, 11) is 0. The molecule has 1 amide bonds. The van der Waals surface area contributed by atoms with Crippen LogP contribution in [0.3, 0.4) is 0 Å². The van der Waals surface area contributed by atoms with E-state index in [1.165, 1.54) is 0 Å². The van der Waals surface area contributed by atoms with Crippen LogP contribution in [0.2, 0.25) is 0 Å². The van der Waals surface area contributed by atoms with E-state index in [1.54, 1.807) is 13.8 Å². The zero-order chi connectivity index (χ0) is 12.8. The first kappa shape index (κ1) is 13.5. The van der Waals surface area contributed by atoms with Crippen LogP contribution >= 0.6 is 0 Å². The predicted octanol–water partition coefficient (Wildman–Crippen LogP) is 1.26. The summed E-state index contributed by atoms with van der Waals surface area (Å²) in [5.74, 6) is 0.432. The summed E-state index contributed by atoms with van der Waals surface area (Å²) in [5, 5.41) is 11.6. The monoisotopic (exact) mass is 237 g/mol. The highest BCUT2D eigenvalue weighted by molar-refractivity contribution is 5.80. The molecule has 0 spiro atoms. The molecule has 0 heterocycles. The molecule has 0 bridgehead atoms. The van der Waals surface area contributed by atoms with Gasteiger partial charge in [0.1, 0.15) is 5.75 Å². The van der Waals surface area contributed by atoms with E-state index >= 15 is 0 Å². The summed E-state index contributed by atoms with van der Waals surface area (Å²) in [6.07, 6.45) is -1.12. The third-order valence-electron chi connectivity index (χ3n) is 2.27. The standard InChI is InChI=1S/C13H19NO3/c1-9-4-6-12(7-5-9)17-11(3)13(16)14-8-10(2)15/h4-7,10-11,15H,8H2,1-3H3,(H,14,16). The second-order valence-corrected chi connectivity index (χ2v) is 4.17. The Morgan fingerprint density at radius 2 is 1.94 bits per heavy atom. The van der Waals surface area contributed by atoms with Crippen molar-refractivity contribution in [3.8, 4) is 5.75 Å². The molecule has 2 N–H and O–H groups in total. The molecule has 1 aromatic rings. The number of hydrogen-bond donors (Lipinski definition) is 2. The summed E-state index contributed by atoms with van der Waals surface area (Å²) in [6.45, 7) is 5.52.